The molecule has 0 aromatic carbocycles. The number of carbonyl (C=O) groups is 1. The number of Topliss-reactive ketones (excluding diaryl/α,β-unsaturated/α-hetero) is 1. The molecule has 0 aliphatic heterocycles. The van der Waals surface area contributed by atoms with E-state index in [9.17, 15) is 23.1 Å². The summed E-state index contributed by atoms with van der Waals surface area (Å²) in [6.07, 6.45) is 6.82. The van der Waals surface area contributed by atoms with E-state index in [2.05, 4.69) is 18.1 Å². The van der Waals surface area contributed by atoms with Crippen molar-refractivity contribution in [2.45, 2.75) is 83.5 Å². The first-order valence-electron chi connectivity index (χ1n) is 12.0. The van der Waals surface area contributed by atoms with E-state index in [0.717, 1.165) is 62.1 Å². The van der Waals surface area contributed by atoms with Gasteiger partial charge in [-0.15, -0.1) is 0 Å². The Morgan fingerprint density at radius 2 is 1.97 bits per heavy atom. The van der Waals surface area contributed by atoms with Crippen molar-refractivity contribution in [3.8, 4) is 0 Å². The van der Waals surface area contributed by atoms with Crippen LogP contribution in [0.1, 0.15) is 70.9 Å². The maximum atomic E-state index is 13.2. The predicted molar refractivity (Wildman–Crippen MR) is 113 cm³/mol. The van der Waals surface area contributed by atoms with Crippen LogP contribution in [0.15, 0.2) is 23.9 Å². The average Bonchev–Trinajstić information content (AvgIpc) is 3.30. The van der Waals surface area contributed by atoms with Gasteiger partial charge in [0.05, 0.1) is 12.1 Å². The highest BCUT2D eigenvalue weighted by molar-refractivity contribution is 5.82. The highest BCUT2D eigenvalue weighted by atomic mass is 19.4. The minimum Gasteiger partial charge on any atom is -0.390 e. The fourth-order valence-electron chi connectivity index (χ4n) is 7.87. The molecule has 4 nitrogen and oxygen atoms in total. The summed E-state index contributed by atoms with van der Waals surface area (Å²) < 4.78 is 39.7. The number of hydrogen-bond donors (Lipinski definition) is 1. The first-order chi connectivity index (χ1) is 15.0. The third-order valence-corrected chi connectivity index (χ3v) is 9.35. The average molecular weight is 451 g/mol. The molecule has 0 spiro atoms. The molecule has 3 fully saturated rings. The summed E-state index contributed by atoms with van der Waals surface area (Å²) in [5.41, 5.74) is -0.167. The Labute approximate surface area is 187 Å². The van der Waals surface area contributed by atoms with Gasteiger partial charge >= 0.3 is 6.18 Å². The Morgan fingerprint density at radius 1 is 1.19 bits per heavy atom. The van der Waals surface area contributed by atoms with Crippen LogP contribution in [0.2, 0.25) is 0 Å². The summed E-state index contributed by atoms with van der Waals surface area (Å²) in [5, 5.41) is 14.1. The number of allylic oxidation sites excluding steroid dienone is 1. The Hall–Kier alpha value is -1.63. The van der Waals surface area contributed by atoms with Crippen molar-refractivity contribution in [2.24, 2.45) is 35.0 Å². The smallest absolute Gasteiger partial charge is 0.390 e. The van der Waals surface area contributed by atoms with Crippen molar-refractivity contribution < 1.29 is 23.1 Å². The number of hydrogen-bond acceptors (Lipinski definition) is 3. The zero-order chi connectivity index (χ0) is 22.9. The van der Waals surface area contributed by atoms with Crippen LogP contribution in [-0.2, 0) is 17.5 Å². The largest absolute Gasteiger partial charge is 0.435 e. The summed E-state index contributed by atoms with van der Waals surface area (Å²) in [6.45, 7) is 4.11. The van der Waals surface area contributed by atoms with E-state index in [1.54, 1.807) is 0 Å². The lowest BCUT2D eigenvalue weighted by Gasteiger charge is -2.54. The van der Waals surface area contributed by atoms with Crippen molar-refractivity contribution in [1.82, 2.24) is 9.78 Å². The van der Waals surface area contributed by atoms with Gasteiger partial charge in [0.2, 0.25) is 0 Å². The normalized spacial score (nSPS) is 41.4. The Morgan fingerprint density at radius 3 is 2.69 bits per heavy atom. The molecule has 4 aliphatic rings. The molecule has 7 atom stereocenters. The van der Waals surface area contributed by atoms with Crippen LogP contribution in [0.3, 0.4) is 0 Å². The summed E-state index contributed by atoms with van der Waals surface area (Å²) in [7, 11) is 0. The van der Waals surface area contributed by atoms with E-state index >= 15 is 0 Å². The van der Waals surface area contributed by atoms with Crippen molar-refractivity contribution >= 4 is 5.78 Å². The van der Waals surface area contributed by atoms with Gasteiger partial charge in [0.1, 0.15) is 0 Å². The SMILES string of the molecule is CC1(O)CC[C@H]2C(=CCC3[C@@H]2CC[C@]2(C)[C@@H](C(=O)Cn4ccc(C(F)(F)F)n4)CC[C@@H]32)C1. The lowest BCUT2D eigenvalue weighted by atomic mass is 9.51. The third-order valence-electron chi connectivity index (χ3n) is 9.35. The molecule has 2 unspecified atom stereocenters. The molecule has 1 heterocycles. The van der Waals surface area contributed by atoms with Gasteiger partial charge in [-0.2, -0.15) is 18.3 Å². The number of carbonyl (C=O) groups excluding carboxylic acids is 1. The van der Waals surface area contributed by atoms with Gasteiger partial charge < -0.3 is 5.11 Å². The molecule has 5 rings (SSSR count). The monoisotopic (exact) mass is 450 g/mol. The van der Waals surface area contributed by atoms with Gasteiger partial charge in [0, 0.05) is 12.1 Å². The van der Waals surface area contributed by atoms with Crippen LogP contribution in [-0.4, -0.2) is 26.3 Å². The lowest BCUT2D eigenvalue weighted by molar-refractivity contribution is -0.142. The van der Waals surface area contributed by atoms with Crippen LogP contribution in [0, 0.1) is 35.0 Å². The number of nitrogens with zero attached hydrogens (tertiary/aromatic N) is 2. The van der Waals surface area contributed by atoms with E-state index in [-0.39, 0.29) is 23.7 Å². The number of halogens is 3. The maximum Gasteiger partial charge on any atom is 0.435 e. The molecule has 1 aromatic heterocycles. The first-order valence-corrected chi connectivity index (χ1v) is 12.0. The highest BCUT2D eigenvalue weighted by Gasteiger charge is 2.57. The van der Waals surface area contributed by atoms with Gasteiger partial charge in [-0.05, 0) is 93.4 Å². The number of alkyl halides is 3. The minimum absolute atomic E-state index is 0.0195. The van der Waals surface area contributed by atoms with Gasteiger partial charge in [-0.1, -0.05) is 18.6 Å². The van der Waals surface area contributed by atoms with E-state index in [1.807, 2.05) is 6.92 Å². The molecule has 32 heavy (non-hydrogen) atoms. The molecule has 1 N–H and O–H groups in total. The van der Waals surface area contributed by atoms with Crippen LogP contribution >= 0.6 is 0 Å². The predicted octanol–water partition coefficient (Wildman–Crippen LogP) is 5.41. The summed E-state index contributed by atoms with van der Waals surface area (Å²) >= 11 is 0. The molecule has 0 bridgehead atoms. The number of aliphatic hydroxyl groups is 1. The Bertz CT molecular complexity index is 934. The molecule has 0 amide bonds. The van der Waals surface area contributed by atoms with Crippen molar-refractivity contribution in [3.05, 3.63) is 29.6 Å². The fourth-order valence-corrected chi connectivity index (χ4v) is 7.87. The van der Waals surface area contributed by atoms with Gasteiger partial charge in [-0.25, -0.2) is 0 Å². The molecular weight excluding hydrogens is 417 g/mol. The van der Waals surface area contributed by atoms with E-state index < -0.39 is 17.5 Å². The van der Waals surface area contributed by atoms with Crippen LogP contribution in [0.4, 0.5) is 13.2 Å². The summed E-state index contributed by atoms with van der Waals surface area (Å²) in [6, 6.07) is 0.936. The van der Waals surface area contributed by atoms with Crippen LogP contribution in [0.25, 0.3) is 0 Å². The third kappa shape index (κ3) is 3.64. The zero-order valence-corrected chi connectivity index (χ0v) is 18.9. The second kappa shape index (κ2) is 7.44. The highest BCUT2D eigenvalue weighted by Crippen LogP contribution is 2.63. The molecular formula is C25H33F3N2O2. The Kier molecular flexibility index (Phi) is 5.16. The van der Waals surface area contributed by atoms with Crippen molar-refractivity contribution in [2.75, 3.05) is 0 Å². The fraction of sp³-hybridized carbons (Fsp3) is 0.760. The van der Waals surface area contributed by atoms with Gasteiger partial charge in [0.15, 0.2) is 11.5 Å². The molecule has 4 aliphatic carbocycles. The maximum absolute atomic E-state index is 13.2. The van der Waals surface area contributed by atoms with Crippen molar-refractivity contribution in [3.63, 3.8) is 0 Å². The molecule has 0 saturated heterocycles. The number of ketones is 1. The van der Waals surface area contributed by atoms with Crippen molar-refractivity contribution in [1.29, 1.82) is 0 Å². The summed E-state index contributed by atoms with van der Waals surface area (Å²) in [5.74, 6) is 2.18. The van der Waals surface area contributed by atoms with E-state index in [0.29, 0.717) is 23.7 Å². The van der Waals surface area contributed by atoms with Crippen LogP contribution < -0.4 is 0 Å². The van der Waals surface area contributed by atoms with Gasteiger partial charge in [-0.3, -0.25) is 9.48 Å². The molecule has 3 saturated carbocycles. The zero-order valence-electron chi connectivity index (χ0n) is 18.9. The van der Waals surface area contributed by atoms with Crippen LogP contribution in [0.5, 0.6) is 0 Å². The quantitative estimate of drug-likeness (QED) is 0.627. The standard InChI is InChI=1S/C25H33F3N2O2/c1-23(32)10-7-16-15(13-23)3-4-18-17(16)8-11-24(2)19(18)5-6-20(24)21(31)14-30-12-9-22(29-30)25(26,27)28/h3,9,12,16-20,32H,4-8,10-11,13-14H2,1-2H3/t16-,17+,18?,19-,20+,23?,24-/m0/s1. The Balaban J connectivity index is 1.31. The first kappa shape index (κ1) is 22.2. The number of rotatable bonds is 3. The van der Waals surface area contributed by atoms with E-state index in [1.165, 1.54) is 11.8 Å². The van der Waals surface area contributed by atoms with Gasteiger partial charge in [0.25, 0.3) is 0 Å². The number of aromatic nitrogens is 2. The second-order valence-corrected chi connectivity index (χ2v) is 11.3. The number of fused-ring (bicyclic) bond motifs is 5. The topological polar surface area (TPSA) is 55.1 Å². The molecule has 0 radical (unpaired) electrons. The van der Waals surface area contributed by atoms with E-state index in [4.69, 9.17) is 0 Å². The summed E-state index contributed by atoms with van der Waals surface area (Å²) in [4.78, 5) is 13.2. The second-order valence-electron chi connectivity index (χ2n) is 11.3. The lowest BCUT2D eigenvalue weighted by Crippen LogP contribution is -2.48. The molecule has 176 valence electrons. The molecule has 1 aromatic rings. The minimum atomic E-state index is -4.49. The molecule has 7 heteroatoms.